The summed E-state index contributed by atoms with van der Waals surface area (Å²) >= 11 is 0. The smallest absolute Gasteiger partial charge is 0.0468 e. The number of para-hydroxylation sites is 3. The Balaban J connectivity index is 0.000000115. The third-order valence-electron chi connectivity index (χ3n) is 25.1. The summed E-state index contributed by atoms with van der Waals surface area (Å²) in [6, 6.07) is 156. The monoisotopic (exact) mass is 1510 g/mol. The molecule has 22 rings (SSSR count). The van der Waals surface area contributed by atoms with Crippen molar-refractivity contribution in [3.05, 3.63) is 464 Å². The summed E-state index contributed by atoms with van der Waals surface area (Å²) in [4.78, 5) is 7.05. The number of hydrogen-bond donors (Lipinski definition) is 0. The van der Waals surface area contributed by atoms with E-state index in [0.717, 1.165) is 45.5 Å². The van der Waals surface area contributed by atoms with Gasteiger partial charge in [-0.25, -0.2) is 0 Å². The maximum absolute atomic E-state index is 2.37. The van der Waals surface area contributed by atoms with E-state index in [1.165, 1.54) is 149 Å². The fourth-order valence-corrected chi connectivity index (χ4v) is 19.1. The van der Waals surface area contributed by atoms with Crippen LogP contribution < -0.4 is 14.7 Å². The van der Waals surface area contributed by atoms with Crippen LogP contribution in [-0.4, -0.2) is 0 Å². The van der Waals surface area contributed by atoms with Gasteiger partial charge in [-0.15, -0.1) is 0 Å². The molecule has 0 spiro atoms. The highest BCUT2D eigenvalue weighted by molar-refractivity contribution is 6.07. The molecule has 0 atom stereocenters. The summed E-state index contributed by atoms with van der Waals surface area (Å²) in [6.45, 7) is 14.1. The Morgan fingerprint density at radius 3 is 0.720 bits per heavy atom. The highest BCUT2D eigenvalue weighted by Crippen LogP contribution is 2.56. The number of rotatable bonds is 12. The van der Waals surface area contributed by atoms with Gasteiger partial charge in [0, 0.05) is 67.4 Å². The standard InChI is InChI=1S/C43H33N.C41H31N.C31H25N/c1-43(2)40-16-10-9-15-39(40)42-38-27-26-37(29-34(38)21-28-41(42)43)44(35-22-17-32(18-23-35)30-11-5-3-6-12-30)36-24-19-33(20-25-36)31-13-7-4-8-14-31;1-41(2)38-15-9-8-14-37(38)40-36-24-23-35(27-32(36)20-25-39(40)41)42(33-12-4-3-5-13-33)34-21-18-29(19-22-34)31-17-16-28-10-6-7-11-30(28)26-31;1-31(2)28-16-10-9-15-27(28)30-26-19-18-25(21-22(26)17-20-29(30)31)32(23-11-5-3-6-12-23)24-13-7-4-8-14-24/h3-29H,1-2H3;3-27H,1-2H3;3-21H,1-2H3. The lowest BCUT2D eigenvalue weighted by atomic mass is 9.82. The maximum atomic E-state index is 2.37. The van der Waals surface area contributed by atoms with E-state index in [4.69, 9.17) is 0 Å². The first-order valence-corrected chi connectivity index (χ1v) is 41.3. The number of anilines is 9. The third-order valence-corrected chi connectivity index (χ3v) is 25.1. The topological polar surface area (TPSA) is 9.72 Å². The summed E-state index contributed by atoms with van der Waals surface area (Å²) in [5.41, 5.74) is 34.4. The first-order chi connectivity index (χ1) is 57.8. The van der Waals surface area contributed by atoms with E-state index in [9.17, 15) is 0 Å². The molecule has 0 aromatic heterocycles. The summed E-state index contributed by atoms with van der Waals surface area (Å²) < 4.78 is 0. The zero-order valence-corrected chi connectivity index (χ0v) is 67.3. The maximum Gasteiger partial charge on any atom is 0.0468 e. The Morgan fingerprint density at radius 1 is 0.153 bits per heavy atom. The Morgan fingerprint density at radius 2 is 0.390 bits per heavy atom. The van der Waals surface area contributed by atoms with Crippen molar-refractivity contribution in [2.24, 2.45) is 0 Å². The summed E-state index contributed by atoms with van der Waals surface area (Å²) in [5.74, 6) is 0. The molecule has 0 aliphatic heterocycles. The van der Waals surface area contributed by atoms with Gasteiger partial charge < -0.3 is 14.7 Å². The molecule has 564 valence electrons. The summed E-state index contributed by atoms with van der Waals surface area (Å²) in [6.07, 6.45) is 0. The molecular weight excluding hydrogens is 1420 g/mol. The predicted octanol–water partition coefficient (Wildman–Crippen LogP) is 32.0. The molecule has 0 fully saturated rings. The van der Waals surface area contributed by atoms with Gasteiger partial charge in [0.15, 0.2) is 0 Å². The molecule has 118 heavy (non-hydrogen) atoms. The van der Waals surface area contributed by atoms with Crippen LogP contribution in [-0.2, 0) is 16.2 Å². The molecule has 19 aromatic rings. The Bertz CT molecular complexity index is 6850. The second-order valence-corrected chi connectivity index (χ2v) is 33.1. The average Bonchev–Trinajstić information content (AvgIpc) is 1.58. The minimum Gasteiger partial charge on any atom is -0.310 e. The molecule has 3 aliphatic rings. The van der Waals surface area contributed by atoms with Gasteiger partial charge in [-0.1, -0.05) is 357 Å². The highest BCUT2D eigenvalue weighted by atomic mass is 15.2. The van der Waals surface area contributed by atoms with E-state index < -0.39 is 0 Å². The minimum absolute atomic E-state index is 0.00164. The SMILES string of the molecule is CC1(C)c2ccccc2-c2c1ccc1cc(N(c3ccc(-c4ccccc4)cc3)c3ccc(-c4ccccc4)cc3)ccc21.CC1(C)c2ccccc2-c2c1ccc1cc(N(c3ccccc3)c3ccc(-c4ccc5ccccc5c4)cc3)ccc21.CC1(C)c2ccccc2-c2c1ccc1cc(N(c3ccccc3)c3ccccc3)ccc21. The lowest BCUT2D eigenvalue weighted by Crippen LogP contribution is -2.14. The fourth-order valence-electron chi connectivity index (χ4n) is 19.1. The first kappa shape index (κ1) is 72.6. The van der Waals surface area contributed by atoms with Crippen molar-refractivity contribution in [2.45, 2.75) is 57.8 Å². The van der Waals surface area contributed by atoms with Crippen LogP contribution in [0.4, 0.5) is 51.2 Å². The van der Waals surface area contributed by atoms with Crippen molar-refractivity contribution in [3.63, 3.8) is 0 Å². The van der Waals surface area contributed by atoms with Gasteiger partial charge in [0.05, 0.1) is 0 Å². The van der Waals surface area contributed by atoms with Gasteiger partial charge in [0.25, 0.3) is 0 Å². The lowest BCUT2D eigenvalue weighted by molar-refractivity contribution is 0.660. The molecule has 0 saturated carbocycles. The Kier molecular flexibility index (Phi) is 18.3. The first-order valence-electron chi connectivity index (χ1n) is 41.3. The van der Waals surface area contributed by atoms with Crippen molar-refractivity contribution >= 4 is 94.3 Å². The molecule has 0 heterocycles. The van der Waals surface area contributed by atoms with Crippen LogP contribution in [0.15, 0.2) is 431 Å². The van der Waals surface area contributed by atoms with Crippen LogP contribution in [0.1, 0.15) is 74.9 Å². The molecule has 3 nitrogen and oxygen atoms in total. The number of hydrogen-bond acceptors (Lipinski definition) is 3. The molecule has 0 bridgehead atoms. The van der Waals surface area contributed by atoms with Gasteiger partial charge in [-0.3, -0.25) is 0 Å². The van der Waals surface area contributed by atoms with Crippen LogP contribution >= 0.6 is 0 Å². The lowest BCUT2D eigenvalue weighted by Gasteiger charge is -2.27. The Labute approximate surface area is 693 Å². The number of benzene rings is 19. The molecule has 3 heteroatoms. The second kappa shape index (κ2) is 29.8. The van der Waals surface area contributed by atoms with E-state index in [0.29, 0.717) is 0 Å². The van der Waals surface area contributed by atoms with Gasteiger partial charge in [-0.05, 0) is 258 Å². The van der Waals surface area contributed by atoms with Crippen molar-refractivity contribution in [1.82, 2.24) is 0 Å². The van der Waals surface area contributed by atoms with Crippen molar-refractivity contribution < 1.29 is 0 Å². The molecule has 0 radical (unpaired) electrons. The molecule has 19 aromatic carbocycles. The molecule has 0 N–H and O–H groups in total. The van der Waals surface area contributed by atoms with Gasteiger partial charge in [0.1, 0.15) is 0 Å². The predicted molar refractivity (Wildman–Crippen MR) is 502 cm³/mol. The molecular formula is C115H89N3. The van der Waals surface area contributed by atoms with Crippen LogP contribution in [0.2, 0.25) is 0 Å². The third kappa shape index (κ3) is 12.9. The van der Waals surface area contributed by atoms with Gasteiger partial charge >= 0.3 is 0 Å². The minimum atomic E-state index is -0.00811. The van der Waals surface area contributed by atoms with E-state index in [-0.39, 0.29) is 16.2 Å². The summed E-state index contributed by atoms with van der Waals surface area (Å²) in [5, 5.41) is 10.3. The molecule has 3 aliphatic carbocycles. The van der Waals surface area contributed by atoms with Crippen molar-refractivity contribution in [1.29, 1.82) is 0 Å². The van der Waals surface area contributed by atoms with Gasteiger partial charge in [0.2, 0.25) is 0 Å². The Hall–Kier alpha value is -14.4. The zero-order valence-electron chi connectivity index (χ0n) is 67.3. The van der Waals surface area contributed by atoms with E-state index in [1.54, 1.807) is 0 Å². The number of fused-ring (bicyclic) bond motifs is 16. The largest absolute Gasteiger partial charge is 0.310 e. The second-order valence-electron chi connectivity index (χ2n) is 33.1. The van der Waals surface area contributed by atoms with E-state index >= 15 is 0 Å². The zero-order chi connectivity index (χ0) is 79.6. The van der Waals surface area contributed by atoms with E-state index in [2.05, 4.69) is 487 Å². The summed E-state index contributed by atoms with van der Waals surface area (Å²) in [7, 11) is 0. The normalized spacial score (nSPS) is 13.2. The molecule has 0 amide bonds. The van der Waals surface area contributed by atoms with Crippen LogP contribution in [0.25, 0.3) is 110 Å². The van der Waals surface area contributed by atoms with Crippen molar-refractivity contribution in [2.75, 3.05) is 14.7 Å². The van der Waals surface area contributed by atoms with Crippen molar-refractivity contribution in [3.8, 4) is 66.8 Å². The fraction of sp³-hybridized carbons (Fsp3) is 0.0783. The van der Waals surface area contributed by atoms with Crippen LogP contribution in [0, 0.1) is 0 Å². The van der Waals surface area contributed by atoms with Crippen LogP contribution in [0.3, 0.4) is 0 Å². The quantitative estimate of drug-likeness (QED) is 0.121. The number of nitrogens with zero attached hydrogens (tertiary/aromatic N) is 3. The molecule has 0 unspecified atom stereocenters. The van der Waals surface area contributed by atoms with E-state index in [1.807, 2.05) is 0 Å². The van der Waals surface area contributed by atoms with Gasteiger partial charge in [-0.2, -0.15) is 0 Å². The van der Waals surface area contributed by atoms with Crippen LogP contribution in [0.5, 0.6) is 0 Å². The average molecular weight is 1510 g/mol. The highest BCUT2D eigenvalue weighted by Gasteiger charge is 2.39. The molecule has 0 saturated heterocycles.